The van der Waals surface area contributed by atoms with Gasteiger partial charge in [-0.05, 0) is 18.4 Å². The van der Waals surface area contributed by atoms with Crippen molar-refractivity contribution in [1.82, 2.24) is 5.32 Å². The molecular weight excluding hydrogens is 282 g/mol. The van der Waals surface area contributed by atoms with E-state index in [1.165, 1.54) is 11.8 Å². The molecule has 0 saturated carbocycles. The number of rotatable bonds is 5. The van der Waals surface area contributed by atoms with Gasteiger partial charge in [0.25, 0.3) is 11.8 Å². The standard InChI is InChI=1S/C11H14F2N2OS.ClH/c1-17-9-5-3-2-4-8(9)10(16)15-7-11(12,13)6-14;/h2-5H,6-7,14H2,1H3,(H,15,16);1H. The van der Waals surface area contributed by atoms with Gasteiger partial charge >= 0.3 is 0 Å². The Balaban J connectivity index is 0.00000289. The lowest BCUT2D eigenvalue weighted by Crippen LogP contribution is -2.41. The Morgan fingerprint density at radius 2 is 2.06 bits per heavy atom. The molecule has 1 amide bonds. The molecule has 0 aliphatic carbocycles. The Morgan fingerprint density at radius 3 is 2.61 bits per heavy atom. The predicted molar refractivity (Wildman–Crippen MR) is 71.8 cm³/mol. The van der Waals surface area contributed by atoms with E-state index in [1.807, 2.05) is 6.26 Å². The summed E-state index contributed by atoms with van der Waals surface area (Å²) in [7, 11) is 0. The van der Waals surface area contributed by atoms with Crippen molar-refractivity contribution >= 4 is 30.1 Å². The van der Waals surface area contributed by atoms with Crippen molar-refractivity contribution in [2.75, 3.05) is 19.3 Å². The summed E-state index contributed by atoms with van der Waals surface area (Å²) < 4.78 is 25.7. The zero-order chi connectivity index (χ0) is 12.9. The van der Waals surface area contributed by atoms with Crippen molar-refractivity contribution < 1.29 is 13.6 Å². The second-order valence-corrected chi connectivity index (χ2v) is 4.29. The molecule has 7 heteroatoms. The Bertz CT molecular complexity index is 404. The first-order chi connectivity index (χ1) is 8.00. The average molecular weight is 297 g/mol. The van der Waals surface area contributed by atoms with Crippen LogP contribution in [-0.4, -0.2) is 31.2 Å². The van der Waals surface area contributed by atoms with Crippen molar-refractivity contribution in [3.8, 4) is 0 Å². The summed E-state index contributed by atoms with van der Waals surface area (Å²) in [6.45, 7) is -1.53. The van der Waals surface area contributed by atoms with Crippen molar-refractivity contribution in [2.45, 2.75) is 10.8 Å². The lowest BCUT2D eigenvalue weighted by molar-refractivity contribution is 0.0118. The fourth-order valence-electron chi connectivity index (χ4n) is 1.21. The van der Waals surface area contributed by atoms with Crippen LogP contribution >= 0.6 is 24.2 Å². The summed E-state index contributed by atoms with van der Waals surface area (Å²) in [6, 6.07) is 6.84. The average Bonchev–Trinajstić information content (AvgIpc) is 2.36. The van der Waals surface area contributed by atoms with Gasteiger partial charge in [-0.3, -0.25) is 4.79 Å². The number of carbonyl (C=O) groups excluding carboxylic acids is 1. The van der Waals surface area contributed by atoms with Crippen LogP contribution in [0, 0.1) is 0 Å². The third-order valence-corrected chi connectivity index (χ3v) is 2.95. The van der Waals surface area contributed by atoms with Gasteiger partial charge in [0.2, 0.25) is 0 Å². The molecule has 18 heavy (non-hydrogen) atoms. The van der Waals surface area contributed by atoms with Gasteiger partial charge in [0, 0.05) is 4.90 Å². The van der Waals surface area contributed by atoms with Crippen molar-refractivity contribution in [3.63, 3.8) is 0 Å². The number of amides is 1. The Morgan fingerprint density at radius 1 is 1.44 bits per heavy atom. The molecule has 1 aromatic carbocycles. The highest BCUT2D eigenvalue weighted by molar-refractivity contribution is 7.98. The maximum Gasteiger partial charge on any atom is 0.277 e. The second kappa shape index (κ2) is 7.56. The number of nitrogens with two attached hydrogens (primary N) is 1. The van der Waals surface area contributed by atoms with E-state index in [0.29, 0.717) is 5.56 Å². The van der Waals surface area contributed by atoms with Crippen LogP contribution in [0.2, 0.25) is 0 Å². The molecule has 1 aromatic rings. The van der Waals surface area contributed by atoms with Crippen LogP contribution < -0.4 is 11.1 Å². The Labute approximate surface area is 115 Å². The molecule has 3 nitrogen and oxygen atoms in total. The molecule has 0 radical (unpaired) electrons. The molecule has 102 valence electrons. The Kier molecular flexibility index (Phi) is 7.20. The maximum absolute atomic E-state index is 12.9. The first kappa shape index (κ1) is 17.2. The highest BCUT2D eigenvalue weighted by atomic mass is 35.5. The van der Waals surface area contributed by atoms with Crippen molar-refractivity contribution in [2.24, 2.45) is 5.73 Å². The van der Waals surface area contributed by atoms with Gasteiger partial charge in [0.1, 0.15) is 0 Å². The molecule has 0 saturated heterocycles. The number of alkyl halides is 2. The van der Waals surface area contributed by atoms with E-state index < -0.39 is 24.9 Å². The zero-order valence-corrected chi connectivity index (χ0v) is 11.4. The van der Waals surface area contributed by atoms with E-state index in [-0.39, 0.29) is 12.4 Å². The largest absolute Gasteiger partial charge is 0.346 e. The monoisotopic (exact) mass is 296 g/mol. The van der Waals surface area contributed by atoms with Gasteiger partial charge in [0.05, 0.1) is 18.7 Å². The van der Waals surface area contributed by atoms with E-state index in [0.717, 1.165) is 4.90 Å². The first-order valence-corrected chi connectivity index (χ1v) is 6.22. The van der Waals surface area contributed by atoms with Crippen LogP contribution in [0.5, 0.6) is 0 Å². The van der Waals surface area contributed by atoms with Gasteiger partial charge in [0.15, 0.2) is 0 Å². The van der Waals surface area contributed by atoms with Crippen LogP contribution in [-0.2, 0) is 0 Å². The maximum atomic E-state index is 12.9. The van der Waals surface area contributed by atoms with E-state index in [2.05, 4.69) is 5.32 Å². The number of thioether (sulfide) groups is 1. The van der Waals surface area contributed by atoms with Gasteiger partial charge < -0.3 is 11.1 Å². The minimum Gasteiger partial charge on any atom is -0.346 e. The highest BCUT2D eigenvalue weighted by Gasteiger charge is 2.27. The lowest BCUT2D eigenvalue weighted by atomic mass is 10.2. The number of benzene rings is 1. The molecule has 3 N–H and O–H groups in total. The molecule has 1 rings (SSSR count). The number of hydrogen-bond donors (Lipinski definition) is 2. The molecule has 0 spiro atoms. The molecule has 0 aliphatic rings. The van der Waals surface area contributed by atoms with Crippen LogP contribution in [0.1, 0.15) is 10.4 Å². The minimum absolute atomic E-state index is 0. The molecular formula is C11H15ClF2N2OS. The first-order valence-electron chi connectivity index (χ1n) is 4.99. The summed E-state index contributed by atoms with van der Waals surface area (Å²) in [5, 5.41) is 2.18. The fraction of sp³-hybridized carbons (Fsp3) is 0.364. The lowest BCUT2D eigenvalue weighted by Gasteiger charge is -2.15. The molecule has 0 atom stereocenters. The normalized spacial score (nSPS) is 10.7. The minimum atomic E-state index is -3.07. The summed E-state index contributed by atoms with van der Waals surface area (Å²) in [6.07, 6.45) is 1.82. The van der Waals surface area contributed by atoms with Crippen LogP contribution in [0.25, 0.3) is 0 Å². The predicted octanol–water partition coefficient (Wildman–Crippen LogP) is 2.15. The molecule has 0 bridgehead atoms. The van der Waals surface area contributed by atoms with Gasteiger partial charge in [-0.2, -0.15) is 0 Å². The van der Waals surface area contributed by atoms with Gasteiger partial charge in [-0.25, -0.2) is 8.78 Å². The van der Waals surface area contributed by atoms with Crippen LogP contribution in [0.4, 0.5) is 8.78 Å². The highest BCUT2D eigenvalue weighted by Crippen LogP contribution is 2.19. The van der Waals surface area contributed by atoms with E-state index in [1.54, 1.807) is 24.3 Å². The molecule has 0 aromatic heterocycles. The SMILES string of the molecule is CSc1ccccc1C(=O)NCC(F)(F)CN.Cl. The van der Waals surface area contributed by atoms with E-state index in [9.17, 15) is 13.6 Å². The van der Waals surface area contributed by atoms with Gasteiger partial charge in [-0.15, -0.1) is 24.2 Å². The van der Waals surface area contributed by atoms with Crippen LogP contribution in [0.3, 0.4) is 0 Å². The second-order valence-electron chi connectivity index (χ2n) is 3.44. The summed E-state index contributed by atoms with van der Waals surface area (Å²) in [4.78, 5) is 12.4. The topological polar surface area (TPSA) is 55.1 Å². The molecule has 0 aliphatic heterocycles. The van der Waals surface area contributed by atoms with Gasteiger partial charge in [-0.1, -0.05) is 12.1 Å². The number of carbonyl (C=O) groups is 1. The number of hydrogen-bond acceptors (Lipinski definition) is 3. The number of halogens is 3. The van der Waals surface area contributed by atoms with E-state index in [4.69, 9.17) is 5.73 Å². The zero-order valence-electron chi connectivity index (χ0n) is 9.78. The number of nitrogens with one attached hydrogen (secondary N) is 1. The third-order valence-electron chi connectivity index (χ3n) is 2.16. The molecule has 0 heterocycles. The van der Waals surface area contributed by atoms with E-state index >= 15 is 0 Å². The molecule has 0 fully saturated rings. The fourth-order valence-corrected chi connectivity index (χ4v) is 1.80. The Hall–Kier alpha value is -0.850. The quantitative estimate of drug-likeness (QED) is 0.819. The third kappa shape index (κ3) is 4.80. The van der Waals surface area contributed by atoms with Crippen molar-refractivity contribution in [3.05, 3.63) is 29.8 Å². The smallest absolute Gasteiger partial charge is 0.277 e. The summed E-state index contributed by atoms with van der Waals surface area (Å²) in [5.74, 6) is -3.58. The van der Waals surface area contributed by atoms with Crippen molar-refractivity contribution in [1.29, 1.82) is 0 Å². The summed E-state index contributed by atoms with van der Waals surface area (Å²) >= 11 is 1.39. The van der Waals surface area contributed by atoms with Crippen LogP contribution in [0.15, 0.2) is 29.2 Å². The molecule has 0 unspecified atom stereocenters. The summed E-state index contributed by atoms with van der Waals surface area (Å²) in [5.41, 5.74) is 5.28.